The van der Waals surface area contributed by atoms with Gasteiger partial charge in [0.1, 0.15) is 19.8 Å². The van der Waals surface area contributed by atoms with Crippen LogP contribution >= 0.6 is 7.82 Å². The summed E-state index contributed by atoms with van der Waals surface area (Å²) in [5.41, 5.74) is 0. The first-order valence-corrected chi connectivity index (χ1v) is 34.5. The normalized spacial score (nSPS) is 13.6. The molecular formula is C68H127NO8P+. The molecular weight excluding hydrogens is 990 g/mol. The van der Waals surface area contributed by atoms with E-state index < -0.39 is 26.5 Å². The lowest BCUT2D eigenvalue weighted by Gasteiger charge is -2.24. The molecule has 0 saturated heterocycles. The molecule has 0 heterocycles. The smallest absolute Gasteiger partial charge is 0.462 e. The Bertz CT molecular complexity index is 1500. The maximum atomic E-state index is 12.8. The van der Waals surface area contributed by atoms with Gasteiger partial charge in [-0.05, 0) is 57.8 Å². The summed E-state index contributed by atoms with van der Waals surface area (Å²) in [7, 11) is 1.47. The molecule has 0 aromatic heterocycles. The molecule has 0 rings (SSSR count). The largest absolute Gasteiger partial charge is 0.472 e. The Hall–Kier alpha value is -2.29. The Morgan fingerprint density at radius 2 is 0.731 bits per heavy atom. The number of carbonyl (C=O) groups excluding carboxylic acids is 2. The first-order chi connectivity index (χ1) is 38.0. The van der Waals surface area contributed by atoms with Crippen molar-refractivity contribution in [3.63, 3.8) is 0 Å². The number of rotatable bonds is 61. The van der Waals surface area contributed by atoms with Crippen LogP contribution in [-0.4, -0.2) is 74.9 Å². The minimum absolute atomic E-state index is 0.0266. The van der Waals surface area contributed by atoms with Crippen molar-refractivity contribution >= 4 is 19.8 Å². The molecule has 456 valence electrons. The second kappa shape index (κ2) is 59.3. The van der Waals surface area contributed by atoms with Gasteiger partial charge in [0.25, 0.3) is 0 Å². The molecule has 0 aliphatic rings. The molecule has 0 fully saturated rings. The lowest BCUT2D eigenvalue weighted by atomic mass is 10.0. The van der Waals surface area contributed by atoms with Gasteiger partial charge >= 0.3 is 19.8 Å². The fraction of sp³-hybridized carbons (Fsp3) is 0.824. The van der Waals surface area contributed by atoms with Gasteiger partial charge in [-0.2, -0.15) is 0 Å². The van der Waals surface area contributed by atoms with Crippen molar-refractivity contribution in [2.24, 2.45) is 0 Å². The summed E-state index contributed by atoms with van der Waals surface area (Å²) in [6.07, 6.45) is 77.6. The highest BCUT2D eigenvalue weighted by Crippen LogP contribution is 2.43. The van der Waals surface area contributed by atoms with E-state index in [-0.39, 0.29) is 32.0 Å². The molecule has 0 saturated carbocycles. The van der Waals surface area contributed by atoms with Gasteiger partial charge in [-0.15, -0.1) is 0 Å². The van der Waals surface area contributed by atoms with Crippen LogP contribution in [0.1, 0.15) is 309 Å². The second-order valence-corrected chi connectivity index (χ2v) is 24.9. The molecule has 78 heavy (non-hydrogen) atoms. The lowest BCUT2D eigenvalue weighted by molar-refractivity contribution is -0.870. The van der Waals surface area contributed by atoms with Crippen molar-refractivity contribution < 1.29 is 42.1 Å². The van der Waals surface area contributed by atoms with Crippen molar-refractivity contribution in [3.05, 3.63) is 60.8 Å². The van der Waals surface area contributed by atoms with E-state index in [4.69, 9.17) is 18.5 Å². The van der Waals surface area contributed by atoms with Gasteiger partial charge in [0.05, 0.1) is 27.7 Å². The molecule has 0 amide bonds. The maximum absolute atomic E-state index is 12.8. The van der Waals surface area contributed by atoms with Gasteiger partial charge < -0.3 is 18.9 Å². The number of nitrogens with zero attached hydrogens (tertiary/aromatic N) is 1. The zero-order valence-corrected chi connectivity index (χ0v) is 52.8. The molecule has 0 aromatic carbocycles. The summed E-state index contributed by atoms with van der Waals surface area (Å²) >= 11 is 0. The molecule has 0 bridgehead atoms. The van der Waals surface area contributed by atoms with Crippen LogP contribution in [0, 0.1) is 0 Å². The third-order valence-corrected chi connectivity index (χ3v) is 15.5. The Labute approximate surface area is 483 Å². The Balaban J connectivity index is 4.02. The average molecular weight is 1120 g/mol. The quantitative estimate of drug-likeness (QED) is 0.0211. The summed E-state index contributed by atoms with van der Waals surface area (Å²) in [5, 5.41) is 0. The van der Waals surface area contributed by atoms with Gasteiger partial charge in [-0.1, -0.05) is 299 Å². The predicted octanol–water partition coefficient (Wildman–Crippen LogP) is 21.0. The van der Waals surface area contributed by atoms with Crippen molar-refractivity contribution in [2.45, 2.75) is 315 Å². The van der Waals surface area contributed by atoms with Crippen molar-refractivity contribution in [3.8, 4) is 0 Å². The number of quaternary nitrogens is 1. The van der Waals surface area contributed by atoms with E-state index in [0.717, 1.165) is 83.5 Å². The van der Waals surface area contributed by atoms with Crippen LogP contribution in [0.3, 0.4) is 0 Å². The molecule has 0 aromatic rings. The maximum Gasteiger partial charge on any atom is 0.472 e. The summed E-state index contributed by atoms with van der Waals surface area (Å²) in [6, 6.07) is 0. The number of allylic oxidation sites excluding steroid dienone is 10. The first-order valence-electron chi connectivity index (χ1n) is 33.0. The predicted molar refractivity (Wildman–Crippen MR) is 335 cm³/mol. The van der Waals surface area contributed by atoms with Gasteiger partial charge in [-0.3, -0.25) is 18.6 Å². The third-order valence-electron chi connectivity index (χ3n) is 14.6. The van der Waals surface area contributed by atoms with Crippen LogP contribution < -0.4 is 0 Å². The highest BCUT2D eigenvalue weighted by molar-refractivity contribution is 7.47. The molecule has 2 unspecified atom stereocenters. The molecule has 0 aliphatic carbocycles. The van der Waals surface area contributed by atoms with Crippen LogP contribution in [0.15, 0.2) is 60.8 Å². The van der Waals surface area contributed by atoms with E-state index >= 15 is 0 Å². The first kappa shape index (κ1) is 75.7. The van der Waals surface area contributed by atoms with Crippen molar-refractivity contribution in [1.29, 1.82) is 0 Å². The number of hydrogen-bond donors (Lipinski definition) is 1. The highest BCUT2D eigenvalue weighted by atomic mass is 31.2. The molecule has 10 heteroatoms. The number of phosphoric ester groups is 1. The van der Waals surface area contributed by atoms with Gasteiger partial charge in [0.2, 0.25) is 0 Å². The van der Waals surface area contributed by atoms with E-state index in [1.807, 2.05) is 21.1 Å². The SMILES string of the molecule is CC/C=C\C/C=C\C/C=C\C/C=C\C/C=C\CCCCCCCC(=O)OC(COC(=O)CCCCCCCCCCCCCCCCCCCCCCCCCCCCCCCCCCC)COP(=O)(O)OCC[N+](C)(C)C. The number of unbranched alkanes of at least 4 members (excludes halogenated alkanes) is 37. The number of hydrogen-bond acceptors (Lipinski definition) is 7. The average Bonchev–Trinajstić information content (AvgIpc) is 3.41. The monoisotopic (exact) mass is 1120 g/mol. The molecule has 9 nitrogen and oxygen atoms in total. The van der Waals surface area contributed by atoms with Crippen LogP contribution in [-0.2, 0) is 32.7 Å². The Morgan fingerprint density at radius 3 is 1.09 bits per heavy atom. The highest BCUT2D eigenvalue weighted by Gasteiger charge is 2.27. The minimum Gasteiger partial charge on any atom is -0.462 e. The van der Waals surface area contributed by atoms with Gasteiger partial charge in [0, 0.05) is 12.8 Å². The molecule has 0 radical (unpaired) electrons. The Morgan fingerprint density at radius 1 is 0.410 bits per heavy atom. The van der Waals surface area contributed by atoms with E-state index in [0.29, 0.717) is 17.4 Å². The van der Waals surface area contributed by atoms with E-state index in [9.17, 15) is 19.0 Å². The number of phosphoric acid groups is 1. The van der Waals surface area contributed by atoms with E-state index in [1.165, 1.54) is 193 Å². The fourth-order valence-electron chi connectivity index (χ4n) is 9.52. The molecule has 2 atom stereocenters. The number of esters is 2. The zero-order valence-electron chi connectivity index (χ0n) is 51.9. The van der Waals surface area contributed by atoms with Crippen LogP contribution in [0.4, 0.5) is 0 Å². The summed E-state index contributed by atoms with van der Waals surface area (Å²) < 4.78 is 34.6. The molecule has 0 aliphatic heterocycles. The van der Waals surface area contributed by atoms with Crippen LogP contribution in [0.5, 0.6) is 0 Å². The molecule has 1 N–H and O–H groups in total. The topological polar surface area (TPSA) is 108 Å². The van der Waals surface area contributed by atoms with E-state index in [2.05, 4.69) is 74.6 Å². The number of likely N-dealkylation sites (N-methyl/N-ethyl adjacent to an activating group) is 1. The summed E-state index contributed by atoms with van der Waals surface area (Å²) in [6.45, 7) is 4.34. The van der Waals surface area contributed by atoms with Gasteiger partial charge in [0.15, 0.2) is 6.10 Å². The number of ether oxygens (including phenoxy) is 2. The third kappa shape index (κ3) is 62.9. The van der Waals surface area contributed by atoms with Crippen LogP contribution in [0.2, 0.25) is 0 Å². The fourth-order valence-corrected chi connectivity index (χ4v) is 10.3. The summed E-state index contributed by atoms with van der Waals surface area (Å²) in [5.74, 6) is -0.809. The lowest BCUT2D eigenvalue weighted by Crippen LogP contribution is -2.37. The van der Waals surface area contributed by atoms with Crippen molar-refractivity contribution in [1.82, 2.24) is 0 Å². The summed E-state index contributed by atoms with van der Waals surface area (Å²) in [4.78, 5) is 35.8. The Kier molecular flexibility index (Phi) is 57.6. The number of carbonyl (C=O) groups is 2. The zero-order chi connectivity index (χ0) is 57.0. The standard InChI is InChI=1S/C68H126NO8P/c1-6-8-10-12-14-16-18-20-22-24-26-28-29-30-31-32-33-34-35-36-37-38-39-41-42-44-46-48-50-52-54-56-58-60-67(70)74-64-66(65-76-78(72,73)75-63-62-69(3,4)5)77-68(71)61-59-57-55-53-51-49-47-45-43-40-27-25-23-21-19-17-15-13-11-9-7-2/h9,11,15,17,21,23,27,40,45,47,66H,6-8,10,12-14,16,18-20,22,24-26,28-39,41-44,46,48-65H2,1-5H3/p+1/b11-9-,17-15-,23-21-,40-27-,47-45-. The van der Waals surface area contributed by atoms with Gasteiger partial charge in [-0.25, -0.2) is 4.57 Å². The minimum atomic E-state index is -4.40. The van der Waals surface area contributed by atoms with Crippen molar-refractivity contribution in [2.75, 3.05) is 47.5 Å². The second-order valence-electron chi connectivity index (χ2n) is 23.5. The van der Waals surface area contributed by atoms with Crippen LogP contribution in [0.25, 0.3) is 0 Å². The van der Waals surface area contributed by atoms with E-state index in [1.54, 1.807) is 0 Å². The molecule has 0 spiro atoms.